The first-order chi connectivity index (χ1) is 7.78. The molecule has 1 aliphatic heterocycles. The van der Waals surface area contributed by atoms with Crippen molar-refractivity contribution in [2.75, 3.05) is 13.1 Å². The lowest BCUT2D eigenvalue weighted by atomic mass is 10.00. The van der Waals surface area contributed by atoms with E-state index < -0.39 is 0 Å². The molecule has 0 radical (unpaired) electrons. The van der Waals surface area contributed by atoms with E-state index in [-0.39, 0.29) is 22.7 Å². The lowest BCUT2D eigenvalue weighted by molar-refractivity contribution is -0.124. The second-order valence-corrected chi connectivity index (χ2v) is 6.93. The lowest BCUT2D eigenvalue weighted by Crippen LogP contribution is -2.40. The fraction of sp³-hybridized carbons (Fsp3) is 0.929. The summed E-state index contributed by atoms with van der Waals surface area (Å²) in [5.41, 5.74) is 0.287. The van der Waals surface area contributed by atoms with E-state index in [1.54, 1.807) is 0 Å². The fourth-order valence-corrected chi connectivity index (χ4v) is 3.38. The molecule has 0 aromatic heterocycles. The Morgan fingerprint density at radius 2 is 1.88 bits per heavy atom. The van der Waals surface area contributed by atoms with Crippen molar-refractivity contribution in [3.8, 4) is 0 Å². The topological polar surface area (TPSA) is 41.1 Å². The quantitative estimate of drug-likeness (QED) is 0.787. The molecule has 1 amide bonds. The van der Waals surface area contributed by atoms with Gasteiger partial charge in [-0.15, -0.1) is 0 Å². The van der Waals surface area contributed by atoms with Gasteiger partial charge in [0.15, 0.2) is 0 Å². The van der Waals surface area contributed by atoms with Crippen LogP contribution in [0.4, 0.5) is 0 Å². The number of carbonyl (C=O) groups is 1. The molecule has 98 valence electrons. The van der Waals surface area contributed by atoms with Gasteiger partial charge in [-0.2, -0.15) is 0 Å². The normalized spacial score (nSPS) is 32.2. The van der Waals surface area contributed by atoms with Crippen LogP contribution >= 0.6 is 0 Å². The van der Waals surface area contributed by atoms with Gasteiger partial charge in [0.25, 0.3) is 0 Å². The number of carbonyl (C=O) groups excluding carboxylic acids is 1. The van der Waals surface area contributed by atoms with Gasteiger partial charge in [0.05, 0.1) is 0 Å². The van der Waals surface area contributed by atoms with E-state index in [0.717, 1.165) is 13.1 Å². The van der Waals surface area contributed by atoms with Gasteiger partial charge in [0, 0.05) is 12.0 Å². The molecule has 1 saturated carbocycles. The second-order valence-electron chi connectivity index (χ2n) is 6.93. The van der Waals surface area contributed by atoms with Crippen LogP contribution in [-0.4, -0.2) is 25.0 Å². The maximum Gasteiger partial charge on any atom is 0.224 e. The minimum absolute atomic E-state index is 0.144. The molecule has 2 unspecified atom stereocenters. The van der Waals surface area contributed by atoms with Gasteiger partial charge in [-0.25, -0.2) is 0 Å². The fourth-order valence-electron chi connectivity index (χ4n) is 3.38. The van der Waals surface area contributed by atoms with E-state index in [9.17, 15) is 4.79 Å². The van der Waals surface area contributed by atoms with Crippen LogP contribution in [0.2, 0.25) is 0 Å². The smallest absolute Gasteiger partial charge is 0.224 e. The van der Waals surface area contributed by atoms with Crippen LogP contribution in [0.15, 0.2) is 0 Å². The van der Waals surface area contributed by atoms with Crippen LogP contribution in [0, 0.1) is 22.7 Å². The summed E-state index contributed by atoms with van der Waals surface area (Å²) in [5, 5.41) is 6.57. The zero-order valence-electron chi connectivity index (χ0n) is 11.8. The van der Waals surface area contributed by atoms with E-state index in [2.05, 4.69) is 45.3 Å². The first kappa shape index (κ1) is 12.9. The molecule has 0 aromatic carbocycles. The van der Waals surface area contributed by atoms with E-state index in [4.69, 9.17) is 0 Å². The van der Waals surface area contributed by atoms with Gasteiger partial charge in [-0.05, 0) is 43.2 Å². The van der Waals surface area contributed by atoms with Crippen molar-refractivity contribution < 1.29 is 4.79 Å². The van der Waals surface area contributed by atoms with Gasteiger partial charge in [0.2, 0.25) is 5.91 Å². The number of hydrogen-bond acceptors (Lipinski definition) is 2. The summed E-state index contributed by atoms with van der Waals surface area (Å²) in [6.45, 7) is 13.0. The number of rotatable bonds is 3. The largest absolute Gasteiger partial charge is 0.353 e. The highest BCUT2D eigenvalue weighted by atomic mass is 16.2. The molecule has 2 atom stereocenters. The van der Waals surface area contributed by atoms with Crippen molar-refractivity contribution in [3.63, 3.8) is 0 Å². The Bertz CT molecular complexity index is 302. The zero-order valence-corrected chi connectivity index (χ0v) is 11.8. The van der Waals surface area contributed by atoms with Gasteiger partial charge in [-0.3, -0.25) is 4.79 Å². The van der Waals surface area contributed by atoms with E-state index in [1.807, 2.05) is 0 Å². The molecule has 0 aromatic rings. The van der Waals surface area contributed by atoms with Crippen LogP contribution < -0.4 is 10.6 Å². The van der Waals surface area contributed by atoms with E-state index in [0.29, 0.717) is 12.0 Å². The third kappa shape index (κ3) is 1.99. The lowest BCUT2D eigenvalue weighted by Gasteiger charge is -2.20. The van der Waals surface area contributed by atoms with Crippen LogP contribution in [0.3, 0.4) is 0 Å². The minimum atomic E-state index is 0.144. The van der Waals surface area contributed by atoms with Gasteiger partial charge in [-0.1, -0.05) is 27.7 Å². The summed E-state index contributed by atoms with van der Waals surface area (Å²) in [6, 6.07) is 0.296. The van der Waals surface area contributed by atoms with Crippen molar-refractivity contribution in [1.29, 1.82) is 0 Å². The summed E-state index contributed by atoms with van der Waals surface area (Å²) in [6.07, 6.45) is 1.18. The molecule has 0 spiro atoms. The Morgan fingerprint density at radius 3 is 2.29 bits per heavy atom. The van der Waals surface area contributed by atoms with Crippen LogP contribution in [0.5, 0.6) is 0 Å². The molecule has 1 aliphatic carbocycles. The highest BCUT2D eigenvalue weighted by molar-refractivity contribution is 5.84. The number of nitrogens with one attached hydrogen (secondary N) is 2. The molecule has 0 bridgehead atoms. The third-order valence-electron chi connectivity index (χ3n) is 5.46. The molecule has 1 saturated heterocycles. The summed E-state index contributed by atoms with van der Waals surface area (Å²) in [5.74, 6) is 1.02. The average molecular weight is 238 g/mol. The second kappa shape index (κ2) is 3.98. The third-order valence-corrected chi connectivity index (χ3v) is 5.46. The number of hydrogen-bond donors (Lipinski definition) is 2. The van der Waals surface area contributed by atoms with Gasteiger partial charge < -0.3 is 10.6 Å². The SMILES string of the molecule is CC(NC(=O)C1C(C)(C)C1(C)C)C1CCNC1. The molecule has 3 heteroatoms. The first-order valence-corrected chi connectivity index (χ1v) is 6.79. The highest BCUT2D eigenvalue weighted by Gasteiger charge is 2.68. The van der Waals surface area contributed by atoms with Crippen molar-refractivity contribution in [2.45, 2.75) is 47.1 Å². The summed E-state index contributed by atoms with van der Waals surface area (Å²) in [7, 11) is 0. The Kier molecular flexibility index (Phi) is 3.01. The minimum Gasteiger partial charge on any atom is -0.353 e. The predicted octanol–water partition coefficient (Wildman–Crippen LogP) is 1.78. The molecule has 17 heavy (non-hydrogen) atoms. The van der Waals surface area contributed by atoms with Crippen LogP contribution in [0.25, 0.3) is 0 Å². The molecular formula is C14H26N2O. The van der Waals surface area contributed by atoms with Crippen LogP contribution in [-0.2, 0) is 4.79 Å². The van der Waals surface area contributed by atoms with E-state index >= 15 is 0 Å². The Hall–Kier alpha value is -0.570. The Balaban J connectivity index is 1.90. The molecule has 3 nitrogen and oxygen atoms in total. The van der Waals surface area contributed by atoms with Gasteiger partial charge >= 0.3 is 0 Å². The zero-order chi connectivity index (χ0) is 12.8. The van der Waals surface area contributed by atoms with E-state index in [1.165, 1.54) is 6.42 Å². The predicted molar refractivity (Wildman–Crippen MR) is 69.6 cm³/mol. The standard InChI is InChI=1S/C14H26N2O/c1-9(10-6-7-15-8-10)16-12(17)11-13(2,3)14(11,4)5/h9-11,15H,6-8H2,1-5H3,(H,16,17). The Labute approximate surface area is 105 Å². The monoisotopic (exact) mass is 238 g/mol. The number of amides is 1. The highest BCUT2D eigenvalue weighted by Crippen LogP contribution is 2.68. The maximum absolute atomic E-state index is 12.3. The molecular weight excluding hydrogens is 212 g/mol. The molecule has 2 rings (SSSR count). The maximum atomic E-state index is 12.3. The Morgan fingerprint density at radius 1 is 1.29 bits per heavy atom. The molecule has 1 heterocycles. The summed E-state index contributed by atoms with van der Waals surface area (Å²) < 4.78 is 0. The average Bonchev–Trinajstić information content (AvgIpc) is 2.60. The molecule has 2 fully saturated rings. The van der Waals surface area contributed by atoms with Crippen molar-refractivity contribution >= 4 is 5.91 Å². The molecule has 2 aliphatic rings. The van der Waals surface area contributed by atoms with Crippen molar-refractivity contribution in [1.82, 2.24) is 10.6 Å². The summed E-state index contributed by atoms with van der Waals surface area (Å²) in [4.78, 5) is 12.3. The van der Waals surface area contributed by atoms with Gasteiger partial charge in [0.1, 0.15) is 0 Å². The van der Waals surface area contributed by atoms with Crippen molar-refractivity contribution in [3.05, 3.63) is 0 Å². The van der Waals surface area contributed by atoms with Crippen LogP contribution in [0.1, 0.15) is 41.0 Å². The van der Waals surface area contributed by atoms with Crippen molar-refractivity contribution in [2.24, 2.45) is 22.7 Å². The first-order valence-electron chi connectivity index (χ1n) is 6.79. The molecule has 2 N–H and O–H groups in total. The summed E-state index contributed by atoms with van der Waals surface area (Å²) >= 11 is 0.